The van der Waals surface area contributed by atoms with Crippen molar-refractivity contribution >= 4 is 24.9 Å². The first-order chi connectivity index (χ1) is 8.88. The normalized spacial score (nSPS) is 11.2. The molecule has 19 heavy (non-hydrogen) atoms. The maximum atomic E-state index is 10.5. The van der Waals surface area contributed by atoms with E-state index in [4.69, 9.17) is 15.9 Å². The molecular weight excluding hydrogens is 272 g/mol. The summed E-state index contributed by atoms with van der Waals surface area (Å²) in [5.41, 5.74) is 5.78. The van der Waals surface area contributed by atoms with Crippen LogP contribution >= 0.6 is 12.6 Å². The van der Waals surface area contributed by atoms with Crippen LogP contribution in [0.5, 0.6) is 5.75 Å². The summed E-state index contributed by atoms with van der Waals surface area (Å²) in [5, 5.41) is 26.1. The molecule has 0 radical (unpaired) electrons. The summed E-state index contributed by atoms with van der Waals surface area (Å²) >= 11 is 3.65. The molecule has 1 rings (SSSR count). The second-order valence-electron chi connectivity index (χ2n) is 3.53. The molecule has 0 aromatic carbocycles. The summed E-state index contributed by atoms with van der Waals surface area (Å²) in [5.74, 6) is -0.971. The number of hydrogen-bond acceptors (Lipinski definition) is 7. The summed E-state index contributed by atoms with van der Waals surface area (Å²) in [6.07, 6.45) is 1.88. The molecule has 5 N–H and O–H groups in total. The van der Waals surface area contributed by atoms with E-state index in [9.17, 15) is 14.7 Å². The number of aldehydes is 1. The average Bonchev–Trinajstić information content (AvgIpc) is 2.41. The van der Waals surface area contributed by atoms with E-state index in [1.54, 1.807) is 6.92 Å². The van der Waals surface area contributed by atoms with E-state index in [2.05, 4.69) is 17.6 Å². The minimum Gasteiger partial charge on any atom is -0.505 e. The predicted octanol–water partition coefficient (Wildman–Crippen LogP) is -0.271. The molecule has 0 aliphatic heterocycles. The molecule has 106 valence electrons. The van der Waals surface area contributed by atoms with Crippen molar-refractivity contribution in [2.75, 3.05) is 5.75 Å². The second-order valence-corrected chi connectivity index (χ2v) is 3.90. The molecule has 7 nitrogen and oxygen atoms in total. The number of pyridine rings is 1. The number of aromatic nitrogens is 1. The van der Waals surface area contributed by atoms with Gasteiger partial charge in [0.15, 0.2) is 6.29 Å². The minimum absolute atomic E-state index is 0.116. The summed E-state index contributed by atoms with van der Waals surface area (Å²) in [6, 6.07) is -0.816. The van der Waals surface area contributed by atoms with E-state index >= 15 is 0 Å². The molecule has 1 aromatic rings. The van der Waals surface area contributed by atoms with Gasteiger partial charge < -0.3 is 21.1 Å². The molecule has 0 aliphatic carbocycles. The molecule has 0 saturated carbocycles. The van der Waals surface area contributed by atoms with E-state index < -0.39 is 12.0 Å². The molecule has 0 spiro atoms. The van der Waals surface area contributed by atoms with Crippen LogP contribution < -0.4 is 5.73 Å². The van der Waals surface area contributed by atoms with Crippen LogP contribution in [0.2, 0.25) is 0 Å². The topological polar surface area (TPSA) is 134 Å². The first-order valence-corrected chi connectivity index (χ1v) is 5.84. The Morgan fingerprint density at radius 2 is 2.21 bits per heavy atom. The molecular formula is C11H16N2O5S. The number of aromatic hydroxyl groups is 1. The van der Waals surface area contributed by atoms with Gasteiger partial charge in [-0.2, -0.15) is 12.6 Å². The lowest BCUT2D eigenvalue weighted by molar-refractivity contribution is -0.137. The average molecular weight is 288 g/mol. The maximum absolute atomic E-state index is 10.5. The second kappa shape index (κ2) is 8.46. The Morgan fingerprint density at radius 1 is 1.63 bits per heavy atom. The summed E-state index contributed by atoms with van der Waals surface area (Å²) in [6.45, 7) is 1.29. The number of thiol groups is 1. The van der Waals surface area contributed by atoms with Gasteiger partial charge in [0.05, 0.1) is 17.9 Å². The van der Waals surface area contributed by atoms with Gasteiger partial charge in [-0.25, -0.2) is 0 Å². The van der Waals surface area contributed by atoms with Crippen molar-refractivity contribution in [3.63, 3.8) is 0 Å². The van der Waals surface area contributed by atoms with Gasteiger partial charge in [0.2, 0.25) is 0 Å². The van der Waals surface area contributed by atoms with Crippen LogP contribution in [0, 0.1) is 6.92 Å². The quantitative estimate of drug-likeness (QED) is 0.380. The molecule has 0 amide bonds. The van der Waals surface area contributed by atoms with Crippen molar-refractivity contribution in [1.82, 2.24) is 4.98 Å². The first kappa shape index (κ1) is 17.4. The number of aliphatic carboxylic acids is 1. The molecule has 1 aromatic heterocycles. The fraction of sp³-hybridized carbons (Fsp3) is 0.364. The highest BCUT2D eigenvalue weighted by molar-refractivity contribution is 7.80. The van der Waals surface area contributed by atoms with Gasteiger partial charge in [0.1, 0.15) is 11.8 Å². The van der Waals surface area contributed by atoms with Gasteiger partial charge in [0.25, 0.3) is 0 Å². The standard InChI is InChI=1S/C8H9NO3.C3H7NO2S/c1-5-8(12)7(4-11)6(3-10)2-9-5;4-2(1-7)3(5)6/h2,4,10,12H,3H2,1H3;2,7H,1,4H2,(H,5,6)/t;2-/m.0/s1. The number of carboxylic acids is 1. The first-order valence-electron chi connectivity index (χ1n) is 5.21. The monoisotopic (exact) mass is 288 g/mol. The molecule has 0 bridgehead atoms. The zero-order valence-electron chi connectivity index (χ0n) is 10.3. The van der Waals surface area contributed by atoms with Crippen LogP contribution in [0.25, 0.3) is 0 Å². The van der Waals surface area contributed by atoms with Crippen LogP contribution in [0.4, 0.5) is 0 Å². The fourth-order valence-corrected chi connectivity index (χ4v) is 1.14. The van der Waals surface area contributed by atoms with Crippen molar-refractivity contribution in [1.29, 1.82) is 0 Å². The smallest absolute Gasteiger partial charge is 0.321 e. The third kappa shape index (κ3) is 5.25. The zero-order valence-corrected chi connectivity index (χ0v) is 11.2. The van der Waals surface area contributed by atoms with Crippen molar-refractivity contribution < 1.29 is 24.9 Å². The minimum atomic E-state index is -1.00. The van der Waals surface area contributed by atoms with Crippen molar-refractivity contribution in [3.8, 4) is 5.75 Å². The zero-order chi connectivity index (χ0) is 15.0. The van der Waals surface area contributed by atoms with Gasteiger partial charge >= 0.3 is 5.97 Å². The lowest BCUT2D eigenvalue weighted by Crippen LogP contribution is -2.31. The number of nitrogens with two attached hydrogens (primary N) is 1. The van der Waals surface area contributed by atoms with Crippen molar-refractivity contribution in [2.45, 2.75) is 19.6 Å². The molecule has 1 atom stereocenters. The van der Waals surface area contributed by atoms with Gasteiger partial charge in [-0.05, 0) is 6.92 Å². The SMILES string of the molecule is Cc1ncc(CO)c(C=O)c1O.N[C@@H](CS)C(=O)O. The highest BCUT2D eigenvalue weighted by Crippen LogP contribution is 2.21. The van der Waals surface area contributed by atoms with Gasteiger partial charge in [0, 0.05) is 17.5 Å². The van der Waals surface area contributed by atoms with E-state index in [1.807, 2.05) is 0 Å². The number of aliphatic hydroxyl groups excluding tert-OH is 1. The Morgan fingerprint density at radius 3 is 2.53 bits per heavy atom. The molecule has 0 unspecified atom stereocenters. The third-order valence-corrected chi connectivity index (χ3v) is 2.55. The number of rotatable bonds is 4. The largest absolute Gasteiger partial charge is 0.505 e. The highest BCUT2D eigenvalue weighted by Gasteiger charge is 2.09. The summed E-state index contributed by atoms with van der Waals surface area (Å²) in [4.78, 5) is 24.0. The van der Waals surface area contributed by atoms with Crippen molar-refractivity contribution in [2.24, 2.45) is 5.73 Å². The highest BCUT2D eigenvalue weighted by atomic mass is 32.1. The molecule has 0 aliphatic rings. The van der Waals surface area contributed by atoms with Crippen LogP contribution in [0.15, 0.2) is 6.20 Å². The number of aliphatic hydroxyl groups is 1. The molecule has 0 fully saturated rings. The Labute approximate surface area is 115 Å². The number of carboxylic acid groups (broad SMARTS) is 1. The third-order valence-electron chi connectivity index (χ3n) is 2.16. The van der Waals surface area contributed by atoms with Crippen LogP contribution in [-0.2, 0) is 11.4 Å². The van der Waals surface area contributed by atoms with Gasteiger partial charge in [-0.15, -0.1) is 0 Å². The lowest BCUT2D eigenvalue weighted by atomic mass is 10.1. The number of nitrogens with zero attached hydrogens (tertiary/aromatic N) is 1. The van der Waals surface area contributed by atoms with Gasteiger partial charge in [-0.3, -0.25) is 14.6 Å². The molecule has 8 heteroatoms. The van der Waals surface area contributed by atoms with E-state index in [-0.39, 0.29) is 23.7 Å². The number of aryl methyl sites for hydroxylation is 1. The summed E-state index contributed by atoms with van der Waals surface area (Å²) < 4.78 is 0. The maximum Gasteiger partial charge on any atom is 0.321 e. The predicted molar refractivity (Wildman–Crippen MR) is 71.4 cm³/mol. The van der Waals surface area contributed by atoms with Crippen molar-refractivity contribution in [3.05, 3.63) is 23.0 Å². The number of carbonyl (C=O) groups is 2. The lowest BCUT2D eigenvalue weighted by Gasteiger charge is -2.04. The number of hydrogen-bond donors (Lipinski definition) is 5. The van der Waals surface area contributed by atoms with Gasteiger partial charge in [-0.1, -0.05) is 0 Å². The van der Waals surface area contributed by atoms with Crippen LogP contribution in [-0.4, -0.2) is 44.4 Å². The van der Waals surface area contributed by atoms with E-state index in [0.717, 1.165) is 0 Å². The van der Waals surface area contributed by atoms with E-state index in [0.29, 0.717) is 17.5 Å². The van der Waals surface area contributed by atoms with Crippen LogP contribution in [0.1, 0.15) is 21.6 Å². The Bertz CT molecular complexity index is 453. The Balaban J connectivity index is 0.000000399. The Kier molecular flexibility index (Phi) is 7.73. The molecule has 0 saturated heterocycles. The summed E-state index contributed by atoms with van der Waals surface area (Å²) in [7, 11) is 0. The number of carbonyl (C=O) groups excluding carboxylic acids is 1. The van der Waals surface area contributed by atoms with E-state index in [1.165, 1.54) is 6.20 Å². The van der Waals surface area contributed by atoms with Crippen LogP contribution in [0.3, 0.4) is 0 Å². The molecule has 1 heterocycles. The Hall–Kier alpha value is -1.64. The fourth-order valence-electron chi connectivity index (χ4n) is 0.988.